The van der Waals surface area contributed by atoms with Crippen LogP contribution < -0.4 is 16.0 Å². The summed E-state index contributed by atoms with van der Waals surface area (Å²) in [6.45, 7) is 1.38. The van der Waals surface area contributed by atoms with Crippen LogP contribution in [0.4, 0.5) is 10.5 Å². The Morgan fingerprint density at radius 3 is 2.39 bits per heavy atom. The summed E-state index contributed by atoms with van der Waals surface area (Å²) in [4.78, 5) is 15.3. The number of hydrogen-bond donors (Lipinski definition) is 3. The van der Waals surface area contributed by atoms with E-state index in [2.05, 4.69) is 42.5 Å². The molecule has 0 bridgehead atoms. The second-order valence-electron chi connectivity index (χ2n) is 4.72. The summed E-state index contributed by atoms with van der Waals surface area (Å²) in [5.74, 6) is 0.743. The minimum Gasteiger partial charge on any atom is -0.453 e. The molecule has 1 aromatic carbocycles. The molecule has 3 N–H and O–H groups in total. The Morgan fingerprint density at radius 1 is 1.13 bits per heavy atom. The number of rotatable bonds is 5. The molecule has 0 fully saturated rings. The summed E-state index contributed by atoms with van der Waals surface area (Å²) >= 11 is 1.68. The number of nitrogens with zero attached hydrogens (tertiary/aromatic N) is 1. The van der Waals surface area contributed by atoms with Crippen molar-refractivity contribution in [3.63, 3.8) is 0 Å². The molecule has 1 amide bonds. The van der Waals surface area contributed by atoms with Crippen LogP contribution in [-0.4, -0.2) is 26.2 Å². The number of ether oxygens (including phenoxy) is 1. The monoisotopic (exact) mass is 332 g/mol. The zero-order valence-electron chi connectivity index (χ0n) is 13.1. The number of carbonyl (C=O) groups is 1. The van der Waals surface area contributed by atoms with E-state index in [9.17, 15) is 4.79 Å². The van der Waals surface area contributed by atoms with E-state index in [-0.39, 0.29) is 0 Å². The van der Waals surface area contributed by atoms with E-state index in [0.717, 1.165) is 18.1 Å². The van der Waals surface area contributed by atoms with Crippen LogP contribution >= 0.6 is 11.3 Å². The van der Waals surface area contributed by atoms with E-state index in [1.165, 1.54) is 12.7 Å². The van der Waals surface area contributed by atoms with Crippen LogP contribution in [0.25, 0.3) is 0 Å². The van der Waals surface area contributed by atoms with Gasteiger partial charge in [0.1, 0.15) is 0 Å². The molecule has 0 aliphatic rings. The van der Waals surface area contributed by atoms with Crippen LogP contribution in [0.2, 0.25) is 0 Å². The molecule has 6 nitrogen and oxygen atoms in total. The molecule has 0 aliphatic carbocycles. The highest BCUT2D eigenvalue weighted by Crippen LogP contribution is 2.09. The molecule has 0 atom stereocenters. The van der Waals surface area contributed by atoms with Gasteiger partial charge in [-0.3, -0.25) is 10.3 Å². The molecule has 1 aromatic heterocycles. The fraction of sp³-hybridized carbons (Fsp3) is 0.250. The van der Waals surface area contributed by atoms with Gasteiger partial charge in [-0.15, -0.1) is 0 Å². The molecule has 0 unspecified atom stereocenters. The highest BCUT2D eigenvalue weighted by atomic mass is 32.1. The van der Waals surface area contributed by atoms with E-state index in [4.69, 9.17) is 0 Å². The highest BCUT2D eigenvalue weighted by Gasteiger charge is 2.02. The number of aliphatic imine (C=N–C) groups is 1. The molecular weight excluding hydrogens is 312 g/mol. The zero-order valence-corrected chi connectivity index (χ0v) is 13.9. The number of amides is 1. The lowest BCUT2D eigenvalue weighted by molar-refractivity contribution is 0.187. The van der Waals surface area contributed by atoms with Crippen molar-refractivity contribution in [2.75, 3.05) is 19.5 Å². The molecule has 2 aromatic rings. The normalized spacial score (nSPS) is 11.0. The van der Waals surface area contributed by atoms with Crippen molar-refractivity contribution in [2.45, 2.75) is 13.1 Å². The minimum atomic E-state index is -0.478. The van der Waals surface area contributed by atoms with E-state index in [1.807, 2.05) is 24.3 Å². The molecule has 122 valence electrons. The molecule has 0 spiro atoms. The number of hydrogen-bond acceptors (Lipinski definition) is 4. The lowest BCUT2D eigenvalue weighted by atomic mass is 10.2. The molecule has 2 rings (SSSR count). The second-order valence-corrected chi connectivity index (χ2v) is 5.50. The third-order valence-corrected chi connectivity index (χ3v) is 3.84. The van der Waals surface area contributed by atoms with Gasteiger partial charge in [-0.05, 0) is 40.1 Å². The Bertz CT molecular complexity index is 639. The standard InChI is InChI=1S/C16H20N4O2S/c1-17-15(19-10-13-7-8-23-11-13)18-9-12-3-5-14(6-4-12)20-16(21)22-2/h3-8,11H,9-10H2,1-2H3,(H,20,21)(H2,17,18,19). The highest BCUT2D eigenvalue weighted by molar-refractivity contribution is 7.07. The maximum absolute atomic E-state index is 11.1. The number of thiophene rings is 1. The quantitative estimate of drug-likeness (QED) is 0.581. The summed E-state index contributed by atoms with van der Waals surface area (Å²) in [6, 6.07) is 9.61. The average molecular weight is 332 g/mol. The molecule has 0 radical (unpaired) electrons. The zero-order chi connectivity index (χ0) is 16.5. The van der Waals surface area contributed by atoms with Crippen molar-refractivity contribution in [3.05, 3.63) is 52.2 Å². The number of carbonyl (C=O) groups excluding carboxylic acids is 1. The van der Waals surface area contributed by atoms with Gasteiger partial charge in [0.15, 0.2) is 5.96 Å². The van der Waals surface area contributed by atoms with Gasteiger partial charge in [0.2, 0.25) is 0 Å². The first kappa shape index (κ1) is 16.8. The van der Waals surface area contributed by atoms with Crippen molar-refractivity contribution >= 4 is 29.1 Å². The first-order valence-electron chi connectivity index (χ1n) is 7.10. The average Bonchev–Trinajstić information content (AvgIpc) is 3.09. The van der Waals surface area contributed by atoms with E-state index >= 15 is 0 Å². The third-order valence-electron chi connectivity index (χ3n) is 3.11. The topological polar surface area (TPSA) is 74.8 Å². The van der Waals surface area contributed by atoms with Crippen LogP contribution in [0.5, 0.6) is 0 Å². The summed E-state index contributed by atoms with van der Waals surface area (Å²) in [7, 11) is 3.08. The number of methoxy groups -OCH3 is 1. The van der Waals surface area contributed by atoms with Crippen LogP contribution in [0.1, 0.15) is 11.1 Å². The van der Waals surface area contributed by atoms with Crippen LogP contribution in [0.3, 0.4) is 0 Å². The summed E-state index contributed by atoms with van der Waals surface area (Å²) in [5, 5.41) is 13.3. The van der Waals surface area contributed by atoms with Crippen molar-refractivity contribution in [3.8, 4) is 0 Å². The van der Waals surface area contributed by atoms with Gasteiger partial charge in [-0.1, -0.05) is 12.1 Å². The SMILES string of the molecule is CN=C(NCc1ccc(NC(=O)OC)cc1)NCc1ccsc1. The summed E-state index contributed by atoms with van der Waals surface area (Å²) in [6.07, 6.45) is -0.478. The maximum Gasteiger partial charge on any atom is 0.411 e. The second kappa shape index (κ2) is 8.79. The van der Waals surface area contributed by atoms with Crippen molar-refractivity contribution in [1.29, 1.82) is 0 Å². The largest absolute Gasteiger partial charge is 0.453 e. The molecule has 7 heteroatoms. The molecule has 1 heterocycles. The molecule has 0 aliphatic heterocycles. The van der Waals surface area contributed by atoms with Gasteiger partial charge in [0, 0.05) is 25.8 Å². The molecular formula is C16H20N4O2S. The lowest BCUT2D eigenvalue weighted by Gasteiger charge is -2.12. The smallest absolute Gasteiger partial charge is 0.411 e. The Balaban J connectivity index is 1.80. The predicted octanol–water partition coefficient (Wildman–Crippen LogP) is 2.79. The van der Waals surface area contributed by atoms with Gasteiger partial charge in [-0.2, -0.15) is 11.3 Å². The minimum absolute atomic E-state index is 0.478. The summed E-state index contributed by atoms with van der Waals surface area (Å²) < 4.78 is 4.55. The van der Waals surface area contributed by atoms with E-state index < -0.39 is 6.09 Å². The Hall–Kier alpha value is -2.54. The van der Waals surface area contributed by atoms with Crippen LogP contribution in [0, 0.1) is 0 Å². The summed E-state index contributed by atoms with van der Waals surface area (Å²) in [5.41, 5.74) is 3.01. The Labute approximate surface area is 139 Å². The van der Waals surface area contributed by atoms with E-state index in [1.54, 1.807) is 18.4 Å². The fourth-order valence-corrected chi connectivity index (χ4v) is 2.53. The fourth-order valence-electron chi connectivity index (χ4n) is 1.86. The van der Waals surface area contributed by atoms with Gasteiger partial charge >= 0.3 is 6.09 Å². The molecule has 0 saturated carbocycles. The Kier molecular flexibility index (Phi) is 6.43. The molecule has 0 saturated heterocycles. The number of anilines is 1. The first-order valence-corrected chi connectivity index (χ1v) is 8.05. The molecule has 23 heavy (non-hydrogen) atoms. The third kappa shape index (κ3) is 5.63. The van der Waals surface area contributed by atoms with E-state index in [0.29, 0.717) is 12.2 Å². The van der Waals surface area contributed by atoms with Gasteiger partial charge in [0.05, 0.1) is 7.11 Å². The van der Waals surface area contributed by atoms with Crippen LogP contribution in [-0.2, 0) is 17.8 Å². The lowest BCUT2D eigenvalue weighted by Crippen LogP contribution is -2.36. The number of benzene rings is 1. The first-order chi connectivity index (χ1) is 11.2. The van der Waals surface area contributed by atoms with Gasteiger partial charge < -0.3 is 15.4 Å². The van der Waals surface area contributed by atoms with Crippen LogP contribution in [0.15, 0.2) is 46.1 Å². The van der Waals surface area contributed by atoms with Crippen molar-refractivity contribution in [1.82, 2.24) is 10.6 Å². The van der Waals surface area contributed by atoms with Crippen molar-refractivity contribution in [2.24, 2.45) is 4.99 Å². The van der Waals surface area contributed by atoms with Crippen molar-refractivity contribution < 1.29 is 9.53 Å². The number of guanidine groups is 1. The van der Waals surface area contributed by atoms with Gasteiger partial charge in [-0.25, -0.2) is 4.79 Å². The predicted molar refractivity (Wildman–Crippen MR) is 93.8 cm³/mol. The Morgan fingerprint density at radius 2 is 1.83 bits per heavy atom. The maximum atomic E-state index is 11.1. The van der Waals surface area contributed by atoms with Gasteiger partial charge in [0.25, 0.3) is 0 Å². The number of nitrogens with one attached hydrogen (secondary N) is 3.